The monoisotopic (exact) mass is 428 g/mol. The highest BCUT2D eigenvalue weighted by Crippen LogP contribution is 2.28. The number of rotatable bonds is 10. The van der Waals surface area contributed by atoms with Gasteiger partial charge in [-0.25, -0.2) is 0 Å². The van der Waals surface area contributed by atoms with E-state index in [2.05, 4.69) is 10.6 Å². The normalized spacial score (nSPS) is 10.0. The fourth-order valence-electron chi connectivity index (χ4n) is 2.53. The van der Waals surface area contributed by atoms with E-state index < -0.39 is 18.5 Å². The molecule has 0 atom stereocenters. The average Bonchev–Trinajstić information content (AvgIpc) is 2.76. The van der Waals surface area contributed by atoms with E-state index in [9.17, 15) is 19.2 Å². The van der Waals surface area contributed by atoms with Gasteiger partial charge >= 0.3 is 5.97 Å². The summed E-state index contributed by atoms with van der Waals surface area (Å²) < 4.78 is 15.2. The Labute approximate surface area is 179 Å². The summed E-state index contributed by atoms with van der Waals surface area (Å²) in [6, 6.07) is 11.3. The van der Waals surface area contributed by atoms with Crippen LogP contribution < -0.4 is 20.1 Å². The first-order chi connectivity index (χ1) is 14.8. The fraction of sp³-hybridized carbons (Fsp3) is 0.273. The third-order valence-corrected chi connectivity index (χ3v) is 4.18. The number of Topliss-reactive ketones (excluding diaryl/α,β-unsaturated/α-hetero) is 1. The summed E-state index contributed by atoms with van der Waals surface area (Å²) in [5.41, 5.74) is 1.45. The molecule has 0 spiro atoms. The minimum atomic E-state index is -0.682. The molecule has 9 heteroatoms. The zero-order valence-electron chi connectivity index (χ0n) is 17.5. The van der Waals surface area contributed by atoms with Crippen molar-refractivity contribution in [2.75, 3.05) is 31.5 Å². The Morgan fingerprint density at radius 2 is 1.55 bits per heavy atom. The van der Waals surface area contributed by atoms with Gasteiger partial charge in [-0.3, -0.25) is 19.2 Å². The van der Waals surface area contributed by atoms with Crippen molar-refractivity contribution >= 4 is 34.9 Å². The summed E-state index contributed by atoms with van der Waals surface area (Å²) in [5.74, 6) is -0.734. The number of anilines is 2. The molecule has 0 aliphatic rings. The zero-order valence-corrected chi connectivity index (χ0v) is 17.5. The maximum atomic E-state index is 12.0. The van der Waals surface area contributed by atoms with E-state index in [1.807, 2.05) is 0 Å². The van der Waals surface area contributed by atoms with Crippen molar-refractivity contribution in [3.63, 3.8) is 0 Å². The Balaban J connectivity index is 1.74. The standard InChI is InChI=1S/C22H24N2O7/c1-14(25)15-4-6-16(7-5-15)23-20(26)10-11-22(28)31-13-21(27)24-18-9-8-17(29-2)12-19(18)30-3/h4-9,12H,10-11,13H2,1-3H3,(H,23,26)(H,24,27). The molecule has 0 aliphatic heterocycles. The van der Waals surface area contributed by atoms with E-state index in [1.165, 1.54) is 21.1 Å². The summed E-state index contributed by atoms with van der Waals surface area (Å²) >= 11 is 0. The number of esters is 1. The number of carbonyl (C=O) groups excluding carboxylic acids is 4. The lowest BCUT2D eigenvalue weighted by atomic mass is 10.1. The minimum absolute atomic E-state index is 0.0740. The molecular weight excluding hydrogens is 404 g/mol. The van der Waals surface area contributed by atoms with Crippen LogP contribution >= 0.6 is 0 Å². The second-order valence-electron chi connectivity index (χ2n) is 6.46. The van der Waals surface area contributed by atoms with Crippen LogP contribution in [0.25, 0.3) is 0 Å². The number of methoxy groups -OCH3 is 2. The fourth-order valence-corrected chi connectivity index (χ4v) is 2.53. The smallest absolute Gasteiger partial charge is 0.306 e. The second kappa shape index (κ2) is 11.3. The maximum Gasteiger partial charge on any atom is 0.306 e. The quantitative estimate of drug-likeness (QED) is 0.441. The Morgan fingerprint density at radius 3 is 2.16 bits per heavy atom. The van der Waals surface area contributed by atoms with Crippen LogP contribution in [0.15, 0.2) is 42.5 Å². The van der Waals surface area contributed by atoms with Gasteiger partial charge in [-0.05, 0) is 43.3 Å². The van der Waals surface area contributed by atoms with Gasteiger partial charge in [0.05, 0.1) is 26.3 Å². The lowest BCUT2D eigenvalue weighted by molar-refractivity contribution is -0.147. The molecule has 0 bridgehead atoms. The highest BCUT2D eigenvalue weighted by Gasteiger charge is 2.13. The van der Waals surface area contributed by atoms with Crippen LogP contribution in [0.4, 0.5) is 11.4 Å². The highest BCUT2D eigenvalue weighted by molar-refractivity contribution is 5.96. The molecule has 0 aliphatic carbocycles. The lowest BCUT2D eigenvalue weighted by Gasteiger charge is -2.11. The van der Waals surface area contributed by atoms with Crippen molar-refractivity contribution in [2.24, 2.45) is 0 Å². The summed E-state index contributed by atoms with van der Waals surface area (Å²) in [6.45, 7) is 0.953. The number of nitrogens with one attached hydrogen (secondary N) is 2. The van der Waals surface area contributed by atoms with Gasteiger partial charge in [-0.1, -0.05) is 0 Å². The van der Waals surface area contributed by atoms with E-state index in [0.29, 0.717) is 28.4 Å². The third-order valence-electron chi connectivity index (χ3n) is 4.18. The van der Waals surface area contributed by atoms with E-state index in [4.69, 9.17) is 14.2 Å². The highest BCUT2D eigenvalue weighted by atomic mass is 16.5. The number of ketones is 1. The van der Waals surface area contributed by atoms with Gasteiger partial charge in [-0.2, -0.15) is 0 Å². The van der Waals surface area contributed by atoms with E-state index in [-0.39, 0.29) is 24.5 Å². The molecule has 2 N–H and O–H groups in total. The van der Waals surface area contributed by atoms with Crippen LogP contribution in [-0.4, -0.2) is 44.4 Å². The summed E-state index contributed by atoms with van der Waals surface area (Å²) in [4.78, 5) is 47.0. The van der Waals surface area contributed by atoms with Gasteiger partial charge < -0.3 is 24.8 Å². The van der Waals surface area contributed by atoms with Crippen LogP contribution in [-0.2, 0) is 19.1 Å². The van der Waals surface area contributed by atoms with Gasteiger partial charge in [0.2, 0.25) is 5.91 Å². The van der Waals surface area contributed by atoms with Crippen molar-refractivity contribution in [3.8, 4) is 11.5 Å². The zero-order chi connectivity index (χ0) is 22.8. The van der Waals surface area contributed by atoms with Crippen molar-refractivity contribution < 1.29 is 33.4 Å². The van der Waals surface area contributed by atoms with E-state index >= 15 is 0 Å². The topological polar surface area (TPSA) is 120 Å². The van der Waals surface area contributed by atoms with Crippen molar-refractivity contribution in [2.45, 2.75) is 19.8 Å². The van der Waals surface area contributed by atoms with Gasteiger partial charge in [-0.15, -0.1) is 0 Å². The van der Waals surface area contributed by atoms with Gasteiger partial charge in [0.25, 0.3) is 5.91 Å². The molecule has 9 nitrogen and oxygen atoms in total. The molecule has 164 valence electrons. The van der Waals surface area contributed by atoms with Crippen LogP contribution in [0.3, 0.4) is 0 Å². The SMILES string of the molecule is COc1ccc(NC(=O)COC(=O)CCC(=O)Nc2ccc(C(C)=O)cc2)c(OC)c1. The summed E-state index contributed by atoms with van der Waals surface area (Å²) in [7, 11) is 2.96. The maximum absolute atomic E-state index is 12.0. The number of benzene rings is 2. The number of hydrogen-bond acceptors (Lipinski definition) is 7. The van der Waals surface area contributed by atoms with Crippen LogP contribution in [0.1, 0.15) is 30.1 Å². The molecular formula is C22H24N2O7. The van der Waals surface area contributed by atoms with Crippen LogP contribution in [0, 0.1) is 0 Å². The molecule has 0 heterocycles. The first-order valence-corrected chi connectivity index (χ1v) is 9.40. The molecule has 0 fully saturated rings. The van der Waals surface area contributed by atoms with Crippen LogP contribution in [0.5, 0.6) is 11.5 Å². The lowest BCUT2D eigenvalue weighted by Crippen LogP contribution is -2.22. The first-order valence-electron chi connectivity index (χ1n) is 9.40. The predicted octanol–water partition coefficient (Wildman–Crippen LogP) is 2.81. The molecule has 0 aromatic heterocycles. The summed E-state index contributed by atoms with van der Waals surface area (Å²) in [5, 5.41) is 5.20. The number of ether oxygens (including phenoxy) is 3. The third kappa shape index (κ3) is 7.46. The molecule has 31 heavy (non-hydrogen) atoms. The largest absolute Gasteiger partial charge is 0.497 e. The average molecular weight is 428 g/mol. The number of hydrogen-bond donors (Lipinski definition) is 2. The Kier molecular flexibility index (Phi) is 8.56. The molecule has 2 rings (SSSR count). The summed E-state index contributed by atoms with van der Waals surface area (Å²) in [6.07, 6.45) is -0.294. The van der Waals surface area contributed by atoms with Crippen molar-refractivity contribution in [1.29, 1.82) is 0 Å². The van der Waals surface area contributed by atoms with Crippen molar-refractivity contribution in [1.82, 2.24) is 0 Å². The van der Waals surface area contributed by atoms with E-state index in [0.717, 1.165) is 0 Å². The first kappa shape index (κ1) is 23.4. The molecule has 2 amide bonds. The molecule has 0 saturated heterocycles. The van der Waals surface area contributed by atoms with Crippen molar-refractivity contribution in [3.05, 3.63) is 48.0 Å². The Hall–Kier alpha value is -3.88. The molecule has 2 aromatic rings. The van der Waals surface area contributed by atoms with Gasteiger partial charge in [0, 0.05) is 23.7 Å². The predicted molar refractivity (Wildman–Crippen MR) is 113 cm³/mol. The second-order valence-corrected chi connectivity index (χ2v) is 6.46. The molecule has 0 unspecified atom stereocenters. The Bertz CT molecular complexity index is 955. The Morgan fingerprint density at radius 1 is 0.839 bits per heavy atom. The molecule has 0 radical (unpaired) electrons. The number of carbonyl (C=O) groups is 4. The minimum Gasteiger partial charge on any atom is -0.497 e. The van der Waals surface area contributed by atoms with Crippen LogP contribution in [0.2, 0.25) is 0 Å². The van der Waals surface area contributed by atoms with E-state index in [1.54, 1.807) is 42.5 Å². The van der Waals surface area contributed by atoms with Gasteiger partial charge in [0.1, 0.15) is 11.5 Å². The van der Waals surface area contributed by atoms with Gasteiger partial charge in [0.15, 0.2) is 12.4 Å². The molecule has 2 aromatic carbocycles. The molecule has 0 saturated carbocycles. The number of amides is 2.